The van der Waals surface area contributed by atoms with Crippen molar-refractivity contribution in [3.05, 3.63) is 29.8 Å². The van der Waals surface area contributed by atoms with Crippen LogP contribution >= 0.6 is 0 Å². The fraction of sp³-hybridized carbons (Fsp3) is 0.600. The topological polar surface area (TPSA) is 41.5 Å². The zero-order valence-electron chi connectivity index (χ0n) is 11.9. The highest BCUT2D eigenvalue weighted by molar-refractivity contribution is 5.35. The highest BCUT2D eigenvalue weighted by Gasteiger charge is 2.22. The zero-order chi connectivity index (χ0) is 13.6. The Morgan fingerprint density at radius 2 is 2.06 bits per heavy atom. The molecule has 0 aromatic heterocycles. The van der Waals surface area contributed by atoms with E-state index >= 15 is 0 Å². The largest absolute Gasteiger partial charge is 0.496 e. The summed E-state index contributed by atoms with van der Waals surface area (Å²) in [6.07, 6.45) is 0.954. The van der Waals surface area contributed by atoms with Crippen LogP contribution in [-0.4, -0.2) is 25.4 Å². The SMILES string of the molecule is CCC(C)(CO)CNC(C)c1ccccc1OC. The number of rotatable bonds is 7. The molecule has 0 saturated carbocycles. The van der Waals surface area contributed by atoms with Gasteiger partial charge < -0.3 is 15.2 Å². The van der Waals surface area contributed by atoms with Crippen LogP contribution in [0.2, 0.25) is 0 Å². The van der Waals surface area contributed by atoms with Crippen LogP contribution < -0.4 is 10.1 Å². The fourth-order valence-corrected chi connectivity index (χ4v) is 1.83. The van der Waals surface area contributed by atoms with Crippen molar-refractivity contribution in [2.45, 2.75) is 33.2 Å². The van der Waals surface area contributed by atoms with Crippen LogP contribution in [0.3, 0.4) is 0 Å². The number of benzene rings is 1. The first-order valence-electron chi connectivity index (χ1n) is 6.53. The Kier molecular flexibility index (Phi) is 5.63. The number of methoxy groups -OCH3 is 1. The Morgan fingerprint density at radius 1 is 1.39 bits per heavy atom. The lowest BCUT2D eigenvalue weighted by atomic mass is 9.88. The molecule has 0 radical (unpaired) electrons. The third-order valence-corrected chi connectivity index (χ3v) is 3.68. The van der Waals surface area contributed by atoms with Crippen molar-refractivity contribution in [3.8, 4) is 5.75 Å². The molecular weight excluding hydrogens is 226 g/mol. The molecule has 0 aliphatic heterocycles. The van der Waals surface area contributed by atoms with Crippen molar-refractivity contribution >= 4 is 0 Å². The Morgan fingerprint density at radius 3 is 2.61 bits per heavy atom. The average Bonchev–Trinajstić information content (AvgIpc) is 2.44. The van der Waals surface area contributed by atoms with E-state index in [9.17, 15) is 5.11 Å². The van der Waals surface area contributed by atoms with Crippen molar-refractivity contribution in [2.24, 2.45) is 5.41 Å². The average molecular weight is 251 g/mol. The van der Waals surface area contributed by atoms with Gasteiger partial charge in [0.25, 0.3) is 0 Å². The summed E-state index contributed by atoms with van der Waals surface area (Å²) >= 11 is 0. The molecule has 3 heteroatoms. The summed E-state index contributed by atoms with van der Waals surface area (Å²) in [6, 6.07) is 8.23. The van der Waals surface area contributed by atoms with Gasteiger partial charge in [0.05, 0.1) is 7.11 Å². The molecule has 1 aromatic carbocycles. The minimum absolute atomic E-state index is 0.0593. The minimum Gasteiger partial charge on any atom is -0.496 e. The molecule has 0 amide bonds. The third kappa shape index (κ3) is 3.72. The van der Waals surface area contributed by atoms with E-state index in [1.807, 2.05) is 18.2 Å². The van der Waals surface area contributed by atoms with Gasteiger partial charge in [-0.1, -0.05) is 32.0 Å². The maximum absolute atomic E-state index is 9.40. The van der Waals surface area contributed by atoms with Gasteiger partial charge in [-0.25, -0.2) is 0 Å². The second kappa shape index (κ2) is 6.76. The number of para-hydroxylation sites is 1. The Labute approximate surface area is 110 Å². The molecule has 0 aliphatic carbocycles. The van der Waals surface area contributed by atoms with Crippen molar-refractivity contribution in [2.75, 3.05) is 20.3 Å². The van der Waals surface area contributed by atoms with Crippen molar-refractivity contribution < 1.29 is 9.84 Å². The monoisotopic (exact) mass is 251 g/mol. The van der Waals surface area contributed by atoms with Gasteiger partial charge >= 0.3 is 0 Å². The first-order valence-corrected chi connectivity index (χ1v) is 6.53. The molecule has 0 spiro atoms. The molecule has 1 rings (SSSR count). The zero-order valence-corrected chi connectivity index (χ0v) is 11.9. The summed E-state index contributed by atoms with van der Waals surface area (Å²) in [5.74, 6) is 0.903. The molecular formula is C15H25NO2. The Bertz CT molecular complexity index is 361. The molecule has 102 valence electrons. The standard InChI is InChI=1S/C15H25NO2/c1-5-15(3,11-17)10-16-12(2)13-8-6-7-9-14(13)18-4/h6-9,12,16-17H,5,10-11H2,1-4H3. The molecule has 0 bridgehead atoms. The van der Waals surface area contributed by atoms with Crippen LogP contribution in [0.15, 0.2) is 24.3 Å². The number of hydrogen-bond donors (Lipinski definition) is 2. The third-order valence-electron chi connectivity index (χ3n) is 3.68. The van der Waals surface area contributed by atoms with Gasteiger partial charge in [-0.15, -0.1) is 0 Å². The summed E-state index contributed by atoms with van der Waals surface area (Å²) in [5, 5.41) is 12.9. The second-order valence-electron chi connectivity index (χ2n) is 5.17. The lowest BCUT2D eigenvalue weighted by Gasteiger charge is -2.28. The van der Waals surface area contributed by atoms with Gasteiger partial charge in [0.15, 0.2) is 0 Å². The van der Waals surface area contributed by atoms with E-state index in [2.05, 4.69) is 32.2 Å². The molecule has 2 N–H and O–H groups in total. The van der Waals surface area contributed by atoms with E-state index in [1.54, 1.807) is 7.11 Å². The predicted octanol–water partition coefficient (Wildman–Crippen LogP) is 2.75. The van der Waals surface area contributed by atoms with Gasteiger partial charge in [-0.05, 0) is 19.4 Å². The highest BCUT2D eigenvalue weighted by Crippen LogP contribution is 2.26. The van der Waals surface area contributed by atoms with E-state index in [-0.39, 0.29) is 18.1 Å². The minimum atomic E-state index is -0.0593. The van der Waals surface area contributed by atoms with Crippen LogP contribution in [0.1, 0.15) is 38.8 Å². The molecule has 2 unspecified atom stereocenters. The van der Waals surface area contributed by atoms with Gasteiger partial charge in [0.1, 0.15) is 5.75 Å². The number of hydrogen-bond acceptors (Lipinski definition) is 3. The van der Waals surface area contributed by atoms with Gasteiger partial charge in [-0.3, -0.25) is 0 Å². The molecule has 2 atom stereocenters. The molecule has 0 fully saturated rings. The number of aliphatic hydroxyl groups excluding tert-OH is 1. The summed E-state index contributed by atoms with van der Waals surface area (Å²) in [6.45, 7) is 7.31. The first-order chi connectivity index (χ1) is 8.56. The van der Waals surface area contributed by atoms with Crippen LogP contribution in [0.4, 0.5) is 0 Å². The molecule has 3 nitrogen and oxygen atoms in total. The summed E-state index contributed by atoms with van der Waals surface area (Å²) in [7, 11) is 1.69. The van der Waals surface area contributed by atoms with E-state index in [1.165, 1.54) is 0 Å². The van der Waals surface area contributed by atoms with Gasteiger partial charge in [0.2, 0.25) is 0 Å². The van der Waals surface area contributed by atoms with Crippen molar-refractivity contribution in [1.29, 1.82) is 0 Å². The molecule has 1 aromatic rings. The Hall–Kier alpha value is -1.06. The predicted molar refractivity (Wildman–Crippen MR) is 74.9 cm³/mol. The van der Waals surface area contributed by atoms with Gasteiger partial charge in [0, 0.05) is 30.2 Å². The van der Waals surface area contributed by atoms with Crippen LogP contribution in [-0.2, 0) is 0 Å². The molecule has 0 heterocycles. The van der Waals surface area contributed by atoms with Crippen molar-refractivity contribution in [1.82, 2.24) is 5.32 Å². The second-order valence-corrected chi connectivity index (χ2v) is 5.17. The highest BCUT2D eigenvalue weighted by atomic mass is 16.5. The first kappa shape index (κ1) is 15.0. The van der Waals surface area contributed by atoms with E-state index in [4.69, 9.17) is 4.74 Å². The van der Waals surface area contributed by atoms with Crippen LogP contribution in [0.5, 0.6) is 5.75 Å². The van der Waals surface area contributed by atoms with E-state index < -0.39 is 0 Å². The molecule has 18 heavy (non-hydrogen) atoms. The van der Waals surface area contributed by atoms with Crippen LogP contribution in [0, 0.1) is 5.41 Å². The van der Waals surface area contributed by atoms with E-state index in [0.717, 1.165) is 24.3 Å². The quantitative estimate of drug-likeness (QED) is 0.783. The lowest BCUT2D eigenvalue weighted by Crippen LogP contribution is -2.35. The van der Waals surface area contributed by atoms with Crippen LogP contribution in [0.25, 0.3) is 0 Å². The molecule has 0 saturated heterocycles. The maximum Gasteiger partial charge on any atom is 0.123 e. The number of aliphatic hydroxyl groups is 1. The summed E-state index contributed by atoms with van der Waals surface area (Å²) < 4.78 is 5.36. The molecule has 0 aliphatic rings. The Balaban J connectivity index is 2.68. The normalized spacial score (nSPS) is 16.1. The van der Waals surface area contributed by atoms with Gasteiger partial charge in [-0.2, -0.15) is 0 Å². The number of ether oxygens (including phenoxy) is 1. The fourth-order valence-electron chi connectivity index (χ4n) is 1.83. The lowest BCUT2D eigenvalue weighted by molar-refractivity contribution is 0.132. The number of nitrogens with one attached hydrogen (secondary N) is 1. The summed E-state index contributed by atoms with van der Waals surface area (Å²) in [5.41, 5.74) is 1.09. The van der Waals surface area contributed by atoms with E-state index in [0.29, 0.717) is 0 Å². The maximum atomic E-state index is 9.40. The van der Waals surface area contributed by atoms with Crippen molar-refractivity contribution in [3.63, 3.8) is 0 Å². The summed E-state index contributed by atoms with van der Waals surface area (Å²) in [4.78, 5) is 0. The smallest absolute Gasteiger partial charge is 0.123 e.